The minimum absolute atomic E-state index is 0.210. The molecule has 2 heterocycles. The number of alkyl halides is 3. The lowest BCUT2D eigenvalue weighted by Crippen LogP contribution is -2.37. The van der Waals surface area contributed by atoms with Crippen LogP contribution in [0.25, 0.3) is 0 Å². The molecule has 0 radical (unpaired) electrons. The lowest BCUT2D eigenvalue weighted by atomic mass is 10.1. The Morgan fingerprint density at radius 1 is 1.09 bits per heavy atom. The average molecular weight is 448 g/mol. The quantitative estimate of drug-likeness (QED) is 0.590. The molecule has 1 spiro atoms. The highest BCUT2D eigenvalue weighted by Gasteiger charge is 2.65. The summed E-state index contributed by atoms with van der Waals surface area (Å²) in [4.78, 5) is 35.4. The Balaban J connectivity index is 1.61. The second-order valence-electron chi connectivity index (χ2n) is 7.76. The number of hydrogen-bond acceptors (Lipinski definition) is 5. The SMILES string of the molecule is CCN(CC)c1cnccc1CN1C(=O)N(c2ccc(OC(F)(F)F)cc2)C(=O)C12CC2. The molecule has 170 valence electrons. The molecule has 1 aliphatic carbocycles. The molecule has 0 atom stereocenters. The van der Waals surface area contributed by atoms with Crippen LogP contribution >= 0.6 is 0 Å². The first-order valence-corrected chi connectivity index (χ1v) is 10.4. The molecule has 4 rings (SSSR count). The number of halogens is 3. The molecule has 1 saturated heterocycles. The Bertz CT molecular complexity index is 1020. The highest BCUT2D eigenvalue weighted by molar-refractivity contribution is 6.24. The minimum atomic E-state index is -4.82. The molecule has 1 saturated carbocycles. The van der Waals surface area contributed by atoms with Gasteiger partial charge >= 0.3 is 12.4 Å². The van der Waals surface area contributed by atoms with Crippen LogP contribution in [-0.2, 0) is 11.3 Å². The van der Waals surface area contributed by atoms with E-state index in [1.165, 1.54) is 12.1 Å². The molecule has 2 aliphatic rings. The molecule has 7 nitrogen and oxygen atoms in total. The van der Waals surface area contributed by atoms with Crippen LogP contribution in [0.3, 0.4) is 0 Å². The van der Waals surface area contributed by atoms with Gasteiger partial charge in [0.1, 0.15) is 11.3 Å². The zero-order valence-electron chi connectivity index (χ0n) is 17.7. The zero-order valence-corrected chi connectivity index (χ0v) is 17.7. The molecule has 1 aromatic carbocycles. The summed E-state index contributed by atoms with van der Waals surface area (Å²) in [5, 5.41) is 0. The van der Waals surface area contributed by atoms with Gasteiger partial charge in [0.25, 0.3) is 5.91 Å². The molecule has 32 heavy (non-hydrogen) atoms. The van der Waals surface area contributed by atoms with Gasteiger partial charge in [-0.2, -0.15) is 0 Å². The van der Waals surface area contributed by atoms with Crippen LogP contribution in [0.2, 0.25) is 0 Å². The van der Waals surface area contributed by atoms with Crippen molar-refractivity contribution in [3.05, 3.63) is 48.3 Å². The number of rotatable bonds is 7. The van der Waals surface area contributed by atoms with Crippen LogP contribution in [0.5, 0.6) is 5.75 Å². The Kier molecular flexibility index (Phi) is 5.47. The van der Waals surface area contributed by atoms with E-state index in [1.54, 1.807) is 17.3 Å². The van der Waals surface area contributed by atoms with Crippen molar-refractivity contribution in [1.82, 2.24) is 9.88 Å². The number of imide groups is 1. The van der Waals surface area contributed by atoms with E-state index in [-0.39, 0.29) is 18.1 Å². The van der Waals surface area contributed by atoms with Gasteiger partial charge in [-0.1, -0.05) is 0 Å². The average Bonchev–Trinajstić information content (AvgIpc) is 3.52. The number of anilines is 2. The third-order valence-corrected chi connectivity index (χ3v) is 5.91. The van der Waals surface area contributed by atoms with Crippen LogP contribution in [-0.4, -0.2) is 46.8 Å². The van der Waals surface area contributed by atoms with Crippen LogP contribution in [0.1, 0.15) is 32.3 Å². The van der Waals surface area contributed by atoms with Crippen molar-refractivity contribution in [3.63, 3.8) is 0 Å². The highest BCUT2D eigenvalue weighted by atomic mass is 19.4. The van der Waals surface area contributed by atoms with Crippen molar-refractivity contribution in [3.8, 4) is 5.75 Å². The first-order chi connectivity index (χ1) is 15.2. The minimum Gasteiger partial charge on any atom is -0.406 e. The van der Waals surface area contributed by atoms with Crippen LogP contribution in [0.4, 0.5) is 29.3 Å². The monoisotopic (exact) mass is 448 g/mol. The molecular formula is C22H23F3N4O3. The van der Waals surface area contributed by atoms with Crippen molar-refractivity contribution in [2.75, 3.05) is 22.9 Å². The highest BCUT2D eigenvalue weighted by Crippen LogP contribution is 2.50. The summed E-state index contributed by atoms with van der Waals surface area (Å²) < 4.78 is 41.1. The number of pyridine rings is 1. The number of urea groups is 1. The maximum absolute atomic E-state index is 13.3. The summed E-state index contributed by atoms with van der Waals surface area (Å²) in [5.41, 5.74) is 1.09. The van der Waals surface area contributed by atoms with Gasteiger partial charge in [0, 0.05) is 19.3 Å². The third-order valence-electron chi connectivity index (χ3n) is 5.91. The fraction of sp³-hybridized carbons (Fsp3) is 0.409. The van der Waals surface area contributed by atoms with Gasteiger partial charge in [-0.15, -0.1) is 13.2 Å². The Hall–Kier alpha value is -3.30. The van der Waals surface area contributed by atoms with Crippen LogP contribution < -0.4 is 14.5 Å². The van der Waals surface area contributed by atoms with E-state index < -0.39 is 23.7 Å². The topological polar surface area (TPSA) is 66.0 Å². The van der Waals surface area contributed by atoms with E-state index in [4.69, 9.17) is 0 Å². The van der Waals surface area contributed by atoms with Gasteiger partial charge in [0.05, 0.1) is 24.1 Å². The first kappa shape index (κ1) is 21.9. The van der Waals surface area contributed by atoms with E-state index in [2.05, 4.69) is 14.6 Å². The number of carbonyl (C=O) groups excluding carboxylic acids is 2. The maximum Gasteiger partial charge on any atom is 0.573 e. The van der Waals surface area contributed by atoms with Gasteiger partial charge in [-0.25, -0.2) is 9.69 Å². The van der Waals surface area contributed by atoms with Crippen molar-refractivity contribution in [1.29, 1.82) is 0 Å². The van der Waals surface area contributed by atoms with Gasteiger partial charge in [0.15, 0.2) is 0 Å². The van der Waals surface area contributed by atoms with Crippen molar-refractivity contribution in [2.45, 2.75) is 45.1 Å². The molecule has 2 aromatic rings. The molecule has 2 fully saturated rings. The second-order valence-corrected chi connectivity index (χ2v) is 7.76. The fourth-order valence-corrected chi connectivity index (χ4v) is 4.13. The number of carbonyl (C=O) groups is 2. The first-order valence-electron chi connectivity index (χ1n) is 10.4. The van der Waals surface area contributed by atoms with E-state index in [9.17, 15) is 22.8 Å². The van der Waals surface area contributed by atoms with Gasteiger partial charge in [-0.05, 0) is 62.6 Å². The zero-order chi connectivity index (χ0) is 23.1. The second kappa shape index (κ2) is 7.99. The number of amides is 3. The Morgan fingerprint density at radius 2 is 1.75 bits per heavy atom. The molecule has 1 aromatic heterocycles. The number of aromatic nitrogens is 1. The maximum atomic E-state index is 13.3. The van der Waals surface area contributed by atoms with Gasteiger partial charge < -0.3 is 14.5 Å². The van der Waals surface area contributed by atoms with Gasteiger partial charge in [-0.3, -0.25) is 9.78 Å². The predicted molar refractivity (Wildman–Crippen MR) is 111 cm³/mol. The van der Waals surface area contributed by atoms with Crippen molar-refractivity contribution >= 4 is 23.3 Å². The summed E-state index contributed by atoms with van der Waals surface area (Å²) in [6.45, 7) is 5.84. The summed E-state index contributed by atoms with van der Waals surface area (Å²) in [6.07, 6.45) is -0.310. The summed E-state index contributed by atoms with van der Waals surface area (Å²) in [5.74, 6) is -0.774. The molecule has 10 heteroatoms. The van der Waals surface area contributed by atoms with Crippen LogP contribution in [0.15, 0.2) is 42.7 Å². The standard InChI is InChI=1S/C22H23F3N4O3/c1-3-27(4-2)18-13-26-12-9-15(18)14-28-20(31)29(19(30)21(28)10-11-21)16-5-7-17(8-6-16)32-22(23,24)25/h5-9,12-13H,3-4,10-11,14H2,1-2H3. The number of hydrogen-bond donors (Lipinski definition) is 0. The number of nitrogens with zero attached hydrogens (tertiary/aromatic N) is 4. The number of ether oxygens (including phenoxy) is 1. The van der Waals surface area contributed by atoms with E-state index in [0.29, 0.717) is 12.8 Å². The normalized spacial score (nSPS) is 17.3. The summed E-state index contributed by atoms with van der Waals surface area (Å²) in [6, 6.07) is 6.10. The molecule has 1 aliphatic heterocycles. The smallest absolute Gasteiger partial charge is 0.406 e. The van der Waals surface area contributed by atoms with E-state index >= 15 is 0 Å². The summed E-state index contributed by atoms with van der Waals surface area (Å²) >= 11 is 0. The molecule has 0 N–H and O–H groups in total. The Morgan fingerprint density at radius 3 is 2.31 bits per heavy atom. The Labute approximate surface area is 183 Å². The fourth-order valence-electron chi connectivity index (χ4n) is 4.13. The lowest BCUT2D eigenvalue weighted by Gasteiger charge is -2.27. The van der Waals surface area contributed by atoms with Crippen molar-refractivity contribution in [2.24, 2.45) is 0 Å². The predicted octanol–water partition coefficient (Wildman–Crippen LogP) is 4.33. The van der Waals surface area contributed by atoms with E-state index in [1.807, 2.05) is 19.9 Å². The lowest BCUT2D eigenvalue weighted by molar-refractivity contribution is -0.274. The molecule has 3 amide bonds. The van der Waals surface area contributed by atoms with E-state index in [0.717, 1.165) is 41.4 Å². The third kappa shape index (κ3) is 3.85. The molecule has 0 unspecified atom stereocenters. The summed E-state index contributed by atoms with van der Waals surface area (Å²) in [7, 11) is 0. The molecular weight excluding hydrogens is 425 g/mol. The van der Waals surface area contributed by atoms with Crippen LogP contribution in [0, 0.1) is 0 Å². The number of benzene rings is 1. The largest absolute Gasteiger partial charge is 0.573 e. The van der Waals surface area contributed by atoms with Crippen molar-refractivity contribution < 1.29 is 27.5 Å². The van der Waals surface area contributed by atoms with Gasteiger partial charge in [0.2, 0.25) is 0 Å². The molecule has 0 bridgehead atoms.